The van der Waals surface area contributed by atoms with Gasteiger partial charge in [-0.3, -0.25) is 14.4 Å². The molecule has 0 aromatic carbocycles. The van der Waals surface area contributed by atoms with Crippen molar-refractivity contribution in [3.8, 4) is 0 Å². The predicted molar refractivity (Wildman–Crippen MR) is 37.4 cm³/mol. The minimum absolute atomic E-state index is 0.0148. The second-order valence-electron chi connectivity index (χ2n) is 1.45. The molecule has 0 bridgehead atoms. The van der Waals surface area contributed by atoms with E-state index < -0.39 is 8.80 Å². The van der Waals surface area contributed by atoms with Gasteiger partial charge >= 0.3 is 8.80 Å². The molecule has 0 spiro atoms. The maximum atomic E-state index is 9.90. The van der Waals surface area contributed by atoms with Gasteiger partial charge in [0.15, 0.2) is 0 Å². The molecule has 0 aliphatic carbocycles. The Morgan fingerprint density at radius 3 is 1.42 bits per heavy atom. The molecule has 0 aromatic heterocycles. The summed E-state index contributed by atoms with van der Waals surface area (Å²) in [5.41, 5.74) is 0.976. The van der Waals surface area contributed by atoms with Gasteiger partial charge in [0.25, 0.3) is 19.4 Å². The Morgan fingerprint density at radius 2 is 1.25 bits per heavy atom. The largest absolute Gasteiger partial charge is 0.734 e. The molecule has 0 rings (SSSR count). The average molecular weight is 190 g/mol. The Bertz CT molecular complexity index is 164. The summed E-state index contributed by atoms with van der Waals surface area (Å²) >= 11 is 0. The number of hydrogen-bond donors (Lipinski definition) is 0. The highest BCUT2D eigenvalue weighted by atomic mass is 28.4. The number of hydrogen-bond acceptors (Lipinski definition) is 6. The molecule has 6 nitrogen and oxygen atoms in total. The van der Waals surface area contributed by atoms with Gasteiger partial charge in [0.1, 0.15) is 0 Å². The minimum Gasteiger partial charge on any atom is -0.454 e. The van der Waals surface area contributed by atoms with Crippen LogP contribution < -0.4 is 0 Å². The molecule has 12 heavy (non-hydrogen) atoms. The Labute approximate surface area is 69.1 Å². The van der Waals surface area contributed by atoms with E-state index >= 15 is 0 Å². The van der Waals surface area contributed by atoms with Gasteiger partial charge in [-0.15, -0.1) is 0 Å². The number of carbonyl (C=O) groups excluding carboxylic acids is 3. The summed E-state index contributed by atoms with van der Waals surface area (Å²) in [7, 11) is -3.61. The molecule has 0 N–H and O–H groups in total. The van der Waals surface area contributed by atoms with E-state index in [0.29, 0.717) is 0 Å². The molecule has 7 heteroatoms. The lowest BCUT2D eigenvalue weighted by molar-refractivity contribution is -0.133. The lowest BCUT2D eigenvalue weighted by atomic mass is 11.3. The van der Waals surface area contributed by atoms with Crippen LogP contribution in [0.4, 0.5) is 0 Å². The van der Waals surface area contributed by atoms with Gasteiger partial charge in [0.05, 0.1) is 0 Å². The zero-order chi connectivity index (χ0) is 9.45. The van der Waals surface area contributed by atoms with Crippen LogP contribution in [-0.2, 0) is 27.7 Å². The molecular formula is C5H6O6Si. The first-order chi connectivity index (χ1) is 5.74. The van der Waals surface area contributed by atoms with E-state index in [4.69, 9.17) is 0 Å². The summed E-state index contributed by atoms with van der Waals surface area (Å²) < 4.78 is 12.9. The van der Waals surface area contributed by atoms with Crippen LogP contribution in [0.2, 0.25) is 0 Å². The first-order valence-electron chi connectivity index (χ1n) is 2.72. The van der Waals surface area contributed by atoms with E-state index in [1.807, 2.05) is 0 Å². The second-order valence-corrected chi connectivity index (χ2v) is 3.77. The van der Waals surface area contributed by atoms with Crippen molar-refractivity contribution >= 4 is 28.2 Å². The molecule has 0 saturated carbocycles. The molecule has 0 atom stereocenters. The SMILES string of the molecule is C=C[Si](OC=O)(OC=O)OC=O. The van der Waals surface area contributed by atoms with Crippen molar-refractivity contribution < 1.29 is 27.7 Å². The summed E-state index contributed by atoms with van der Waals surface area (Å²) in [6, 6.07) is 0. The van der Waals surface area contributed by atoms with Crippen molar-refractivity contribution in [2.24, 2.45) is 0 Å². The van der Waals surface area contributed by atoms with Gasteiger partial charge in [-0.1, -0.05) is 6.58 Å². The van der Waals surface area contributed by atoms with Crippen molar-refractivity contribution in [2.75, 3.05) is 0 Å². The predicted octanol–water partition coefficient (Wildman–Crippen LogP) is -0.831. The summed E-state index contributed by atoms with van der Waals surface area (Å²) in [5, 5.41) is 0. The third kappa shape index (κ3) is 2.54. The highest BCUT2D eigenvalue weighted by Gasteiger charge is 2.44. The van der Waals surface area contributed by atoms with Crippen LogP contribution in [0.25, 0.3) is 0 Å². The first kappa shape index (κ1) is 10.4. The van der Waals surface area contributed by atoms with Crippen molar-refractivity contribution in [3.63, 3.8) is 0 Å². The fourth-order valence-corrected chi connectivity index (χ4v) is 1.29. The van der Waals surface area contributed by atoms with Crippen LogP contribution >= 0.6 is 0 Å². The Kier molecular flexibility index (Phi) is 4.38. The standard InChI is InChI=1S/C5H6O6Si/c1-2-12(9-3-6,10-4-7)11-5-8/h2-5H,1H2. The molecular weight excluding hydrogens is 184 g/mol. The number of carbonyl (C=O) groups is 3. The molecule has 66 valence electrons. The topological polar surface area (TPSA) is 78.9 Å². The van der Waals surface area contributed by atoms with E-state index in [1.54, 1.807) is 0 Å². The molecule has 0 aromatic rings. The lowest BCUT2D eigenvalue weighted by Crippen LogP contribution is -2.43. The molecule has 0 aliphatic heterocycles. The average Bonchev–Trinajstić information content (AvgIpc) is 2.06. The third-order valence-electron chi connectivity index (χ3n) is 0.887. The van der Waals surface area contributed by atoms with E-state index in [0.717, 1.165) is 5.70 Å². The van der Waals surface area contributed by atoms with Crippen molar-refractivity contribution in [1.29, 1.82) is 0 Å². The van der Waals surface area contributed by atoms with Gasteiger partial charge in [-0.25, -0.2) is 0 Å². The fourth-order valence-electron chi connectivity index (χ4n) is 0.429. The fraction of sp³-hybridized carbons (Fsp3) is 0. The molecule has 0 aliphatic rings. The summed E-state index contributed by atoms with van der Waals surface area (Å²) in [5.74, 6) is 0. The van der Waals surface area contributed by atoms with Crippen LogP contribution in [0.15, 0.2) is 12.3 Å². The van der Waals surface area contributed by atoms with Crippen LogP contribution in [0.5, 0.6) is 0 Å². The van der Waals surface area contributed by atoms with E-state index in [9.17, 15) is 14.4 Å². The molecule has 0 saturated heterocycles. The summed E-state index contributed by atoms with van der Waals surface area (Å²) in [4.78, 5) is 29.7. The monoisotopic (exact) mass is 190 g/mol. The number of rotatable bonds is 7. The van der Waals surface area contributed by atoms with E-state index in [-0.39, 0.29) is 19.4 Å². The second kappa shape index (κ2) is 5.08. The minimum atomic E-state index is -3.61. The Balaban J connectivity index is 4.45. The van der Waals surface area contributed by atoms with Crippen molar-refractivity contribution in [2.45, 2.75) is 0 Å². The molecule has 0 amide bonds. The highest BCUT2D eigenvalue weighted by molar-refractivity contribution is 6.69. The summed E-state index contributed by atoms with van der Waals surface area (Å²) in [6.07, 6.45) is 0. The molecule has 0 unspecified atom stereocenters. The highest BCUT2D eigenvalue weighted by Crippen LogP contribution is 2.06. The smallest absolute Gasteiger partial charge is 0.454 e. The van der Waals surface area contributed by atoms with Crippen LogP contribution in [-0.4, -0.2) is 28.2 Å². The quantitative estimate of drug-likeness (QED) is 0.385. The van der Waals surface area contributed by atoms with Crippen molar-refractivity contribution in [3.05, 3.63) is 12.3 Å². The Hall–Kier alpha value is -1.63. The van der Waals surface area contributed by atoms with E-state index in [1.165, 1.54) is 0 Å². The van der Waals surface area contributed by atoms with Gasteiger partial charge in [-0.05, 0) is 0 Å². The normalized spacial score (nSPS) is 9.33. The molecule has 0 fully saturated rings. The maximum absolute atomic E-state index is 9.90. The first-order valence-corrected chi connectivity index (χ1v) is 4.53. The Morgan fingerprint density at radius 1 is 0.917 bits per heavy atom. The summed E-state index contributed by atoms with van der Waals surface area (Å²) in [6.45, 7) is 3.24. The maximum Gasteiger partial charge on any atom is 0.734 e. The molecule has 0 heterocycles. The lowest BCUT2D eigenvalue weighted by Gasteiger charge is -2.17. The van der Waals surface area contributed by atoms with Crippen LogP contribution in [0.3, 0.4) is 0 Å². The van der Waals surface area contributed by atoms with E-state index in [2.05, 4.69) is 19.9 Å². The third-order valence-corrected chi connectivity index (χ3v) is 2.66. The zero-order valence-electron chi connectivity index (χ0n) is 5.97. The molecule has 0 radical (unpaired) electrons. The van der Waals surface area contributed by atoms with Crippen molar-refractivity contribution in [1.82, 2.24) is 0 Å². The van der Waals surface area contributed by atoms with Crippen LogP contribution in [0.1, 0.15) is 0 Å². The van der Waals surface area contributed by atoms with Gasteiger partial charge in [-0.2, -0.15) is 0 Å². The van der Waals surface area contributed by atoms with Gasteiger partial charge in [0.2, 0.25) is 0 Å². The van der Waals surface area contributed by atoms with Gasteiger partial charge in [0, 0.05) is 5.70 Å². The zero-order valence-corrected chi connectivity index (χ0v) is 6.97. The van der Waals surface area contributed by atoms with Gasteiger partial charge < -0.3 is 13.3 Å². The van der Waals surface area contributed by atoms with Crippen LogP contribution in [0, 0.1) is 0 Å².